The summed E-state index contributed by atoms with van der Waals surface area (Å²) in [5.74, 6) is -2.60. The molecule has 18 rings (SSSR count). The molecule has 8 amide bonds. The van der Waals surface area contributed by atoms with Gasteiger partial charge in [-0.05, 0) is 256 Å². The Morgan fingerprint density at radius 2 is 0.740 bits per heavy atom. The molecular weight excluding hydrogens is 2010 g/mol. The summed E-state index contributed by atoms with van der Waals surface area (Å²) in [6.07, 6.45) is 11.5. The molecule has 150 heavy (non-hydrogen) atoms. The van der Waals surface area contributed by atoms with Crippen molar-refractivity contribution in [1.29, 1.82) is 0 Å². The second-order valence-electron chi connectivity index (χ2n) is 39.5. The standard InChI is InChI=1S/C57H59N5O10.C56H57N5O10.2CH4.3CH3.H2O.Sn/c1-33-20-44-38(18-19-42-25-39-12-6-8-14-47(39)61(42)56(44)67)27-50(33)71-31-36-22-37(24-41(23-36)60-55(66)34(2)21-49(63)35(3)59-53(64)16-10-11-17-54(65)70-5)32-72-52-29-46-45(28-51(52)69-4)57(68)62-43(30-58-46)26-40-13-7-9-15-48(40)62;1-32-19-43-37(17-18-41-24-38-11-5-7-13-46(38)60(41)55(43)67)26-49(32)70-30-35-21-36(23-40(22-35)59-54(66)33(2)20-48(62)34(3)58-52(63)15-9-10-16-53(64)65)31-71-51-28-45-44(27-50(51)69-4)56(68)61-42(29-57-45)25-39-12-6-8-14-47(39)61;;;;;;;/h6-9,12-15,20,22-24,27-30,34-35,42-43H,10-11,16-19,21,25-26,31-32H2,1-5H3,(H,59,64)(H,60,66);5-8,11-14,19,21-23,26-29,33-34,41-42H,9-10,15-18,20,24-25,30-31H2,1-4H3,(H,58,63)(H,59,66)(H,64,65);2*1H4;3*1H3;1H2;/t34-,35+,42-,43+;33-,34+,41-,42+;;;;;;;/m11......./s1. The first-order valence-electron chi connectivity index (χ1n) is 50.3. The molecule has 8 aliphatic heterocycles. The molecule has 0 aromatic heterocycles. The van der Waals surface area contributed by atoms with Gasteiger partial charge in [0.25, 0.3) is 23.6 Å². The van der Waals surface area contributed by atoms with Gasteiger partial charge in [-0.3, -0.25) is 77.3 Å². The van der Waals surface area contributed by atoms with Crippen molar-refractivity contribution in [3.05, 3.63) is 271 Å². The second-order valence-corrected chi connectivity index (χ2v) is 48.1. The van der Waals surface area contributed by atoms with E-state index in [1.807, 2.05) is 145 Å². The number of hydrogen-bond acceptors (Lipinski definition) is 21. The number of para-hydroxylation sites is 4. The van der Waals surface area contributed by atoms with Crippen LogP contribution < -0.4 is 69.3 Å². The summed E-state index contributed by atoms with van der Waals surface area (Å²) < 4.78 is 42.1. The SMILES string of the molecule is C.C.COC(=O)CCCCC(=O)N[C@@H](C)C(=O)C[C@@H](C)C(=O)Nc1cc(COc2cc3c(cc2C)C(=O)N2c4ccccc4C[C@H]2CC3)cc(COc2cc3c(cc2OC)C(=O)N2c4ccccc4C[C@H]2C=N3)c1.COc1cc2c(cc1OCc1cc(COc3cc4c(cc3C)C(=O)N3c5ccccc5C[C@H]3CC4)cc(NC(=O)[C@H](C)CC(=O)[C@H](C)NC(=O)CCCCC(=O)O)c1)N=C[C@@H]1Cc3ccccc3N1C2=O.O.[CH3][Sn]([CH3])[CH3]. The molecule has 1 radical (unpaired) electrons. The molecule has 31 nitrogen and oxygen atoms in total. The summed E-state index contributed by atoms with van der Waals surface area (Å²) in [6.45, 7) is 10.6. The predicted octanol–water partition coefficient (Wildman–Crippen LogP) is 19.2. The minimum absolute atomic E-state index is 0. The van der Waals surface area contributed by atoms with Crippen LogP contribution in [0.1, 0.15) is 228 Å². The van der Waals surface area contributed by atoms with Crippen LogP contribution in [-0.4, -0.2) is 171 Å². The zero-order chi connectivity index (χ0) is 104. The third-order valence-corrected chi connectivity index (χ3v) is 27.8. The van der Waals surface area contributed by atoms with Gasteiger partial charge >= 0.3 is 46.5 Å². The van der Waals surface area contributed by atoms with Crippen molar-refractivity contribution in [2.75, 3.05) is 51.6 Å². The molecule has 0 saturated carbocycles. The first-order valence-corrected chi connectivity index (χ1v) is 58.9. The van der Waals surface area contributed by atoms with Crippen molar-refractivity contribution in [2.45, 2.75) is 249 Å². The first-order chi connectivity index (χ1) is 70.7. The average molecular weight is 2150 g/mol. The van der Waals surface area contributed by atoms with E-state index < -0.39 is 61.5 Å². The van der Waals surface area contributed by atoms with Crippen molar-refractivity contribution in [2.24, 2.45) is 21.8 Å². The molecule has 0 unspecified atom stereocenters. The molecule has 0 bridgehead atoms. The van der Waals surface area contributed by atoms with Gasteiger partial charge in [-0.1, -0.05) is 101 Å². The number of amides is 8. The van der Waals surface area contributed by atoms with Crippen LogP contribution in [0.25, 0.3) is 0 Å². The normalized spacial score (nSPS) is 16.4. The third-order valence-electron chi connectivity index (χ3n) is 27.8. The molecule has 0 saturated heterocycles. The fraction of sp³-hybridized carbons (Fsp3) is 0.373. The van der Waals surface area contributed by atoms with Gasteiger partial charge in [-0.25, -0.2) is 0 Å². The number of Topliss-reactive ketones (excluding diaryl/α,β-unsaturated/α-hetero) is 2. The van der Waals surface area contributed by atoms with Gasteiger partial charge in [-0.15, -0.1) is 0 Å². The fourth-order valence-electron chi connectivity index (χ4n) is 20.1. The number of nitrogens with zero attached hydrogens (tertiary/aromatic N) is 6. The van der Waals surface area contributed by atoms with Gasteiger partial charge in [-0.2, -0.15) is 0 Å². The van der Waals surface area contributed by atoms with E-state index in [1.54, 1.807) is 98.5 Å². The quantitative estimate of drug-likeness (QED) is 0.0138. The Balaban J connectivity index is 0.000000237. The van der Waals surface area contributed by atoms with E-state index in [0.717, 1.165) is 88.2 Å². The molecule has 10 aromatic carbocycles. The number of rotatable bonds is 36. The maximum atomic E-state index is 14.1. The Bertz CT molecular complexity index is 6850. The van der Waals surface area contributed by atoms with Crippen LogP contribution >= 0.6 is 0 Å². The Morgan fingerprint density at radius 1 is 0.407 bits per heavy atom. The Kier molecular flexibility index (Phi) is 37.8. The number of fused-ring (bicyclic) bond motifs is 16. The van der Waals surface area contributed by atoms with Crippen LogP contribution in [0.3, 0.4) is 0 Å². The van der Waals surface area contributed by atoms with Crippen LogP contribution in [0.5, 0.6) is 34.5 Å². The van der Waals surface area contributed by atoms with Gasteiger partial charge in [0, 0.05) is 145 Å². The molecule has 10 aromatic rings. The first kappa shape index (κ1) is 112. The number of carboxylic acid groups (broad SMARTS) is 1. The average Bonchev–Trinajstić information content (AvgIpc) is 1.67. The van der Waals surface area contributed by atoms with Crippen molar-refractivity contribution < 1.29 is 101 Å². The number of esters is 1. The molecule has 8 heterocycles. The number of ether oxygens (including phenoxy) is 7. The topological polar surface area (TPSA) is 407 Å². The molecule has 7 N–H and O–H groups in total. The summed E-state index contributed by atoms with van der Waals surface area (Å²) >= 11 is -0.543. The fourth-order valence-corrected chi connectivity index (χ4v) is 20.1. The van der Waals surface area contributed by atoms with Gasteiger partial charge in [0.15, 0.2) is 34.6 Å². The molecule has 0 fully saturated rings. The zero-order valence-electron chi connectivity index (χ0n) is 85.5. The van der Waals surface area contributed by atoms with E-state index in [9.17, 15) is 57.5 Å². The van der Waals surface area contributed by atoms with Crippen LogP contribution in [-0.2, 0) is 108 Å². The number of anilines is 6. The second kappa shape index (κ2) is 50.4. The number of aliphatic carboxylic acids is 1. The Labute approximate surface area is 883 Å². The summed E-state index contributed by atoms with van der Waals surface area (Å²) in [5, 5.41) is 20.2. The molecule has 8 aliphatic rings. The van der Waals surface area contributed by atoms with Crippen molar-refractivity contribution in [3.8, 4) is 34.5 Å². The van der Waals surface area contributed by atoms with Crippen molar-refractivity contribution in [1.82, 2.24) is 10.6 Å². The predicted molar refractivity (Wildman–Crippen MR) is 582 cm³/mol. The monoisotopic (exact) mass is 2150 g/mol. The summed E-state index contributed by atoms with van der Waals surface area (Å²) in [4.78, 5) is 181. The number of carboxylic acids is 1. The van der Waals surface area contributed by atoms with E-state index in [2.05, 4.69) is 53.0 Å². The van der Waals surface area contributed by atoms with Crippen LogP contribution in [0.4, 0.5) is 45.5 Å². The van der Waals surface area contributed by atoms with Crippen molar-refractivity contribution in [3.63, 3.8) is 0 Å². The molecular formula is C118H135N10O21Sn. The maximum absolute atomic E-state index is 14.1. The van der Waals surface area contributed by atoms with E-state index in [4.69, 9.17) is 43.5 Å². The van der Waals surface area contributed by atoms with E-state index in [0.29, 0.717) is 147 Å². The van der Waals surface area contributed by atoms with Gasteiger partial charge in [0.05, 0.1) is 68.0 Å². The molecule has 0 spiro atoms. The minimum atomic E-state index is -0.933. The number of ketones is 2. The number of methoxy groups -OCH3 is 3. The summed E-state index contributed by atoms with van der Waals surface area (Å²) in [7, 11) is 4.33. The van der Waals surface area contributed by atoms with Crippen LogP contribution in [0.2, 0.25) is 14.8 Å². The number of aliphatic imine (C=N–C) groups is 2. The molecule has 787 valence electrons. The van der Waals surface area contributed by atoms with Gasteiger partial charge in [0.2, 0.25) is 23.6 Å². The van der Waals surface area contributed by atoms with Crippen molar-refractivity contribution >= 4 is 148 Å². The summed E-state index contributed by atoms with van der Waals surface area (Å²) in [6, 6.07) is 55.4. The molecule has 0 aliphatic carbocycles. The third kappa shape index (κ3) is 26.3. The van der Waals surface area contributed by atoms with Crippen LogP contribution in [0.15, 0.2) is 192 Å². The number of hydrogen-bond donors (Lipinski definition) is 5. The zero-order valence-corrected chi connectivity index (χ0v) is 88.4. The number of carbonyl (C=O) groups is 12. The van der Waals surface area contributed by atoms with Gasteiger partial charge < -0.3 is 74.8 Å². The summed E-state index contributed by atoms with van der Waals surface area (Å²) in [5.41, 5.74) is 18.3. The number of unbranched alkanes of at least 4 members (excludes halogenated alkanes) is 2. The molecule has 8 atom stereocenters. The Hall–Kier alpha value is -14.9. The number of aryl methyl sites for hydroxylation is 4. The van der Waals surface area contributed by atoms with E-state index >= 15 is 0 Å². The number of carbonyl (C=O) groups excluding carboxylic acids is 11. The van der Waals surface area contributed by atoms with Crippen LogP contribution in [0, 0.1) is 25.7 Å². The number of nitrogens with one attached hydrogen (secondary N) is 4. The van der Waals surface area contributed by atoms with E-state index in [1.165, 1.54) is 32.5 Å². The van der Waals surface area contributed by atoms with Gasteiger partial charge in [0.1, 0.15) is 37.9 Å². The molecule has 32 heteroatoms. The Morgan fingerprint density at radius 3 is 1.10 bits per heavy atom. The van der Waals surface area contributed by atoms with E-state index in [-0.39, 0.29) is 162 Å². The number of benzene rings is 10.